The highest BCUT2D eigenvalue weighted by Gasteiger charge is 2.24. The zero-order valence-electron chi connectivity index (χ0n) is 19.1. The summed E-state index contributed by atoms with van der Waals surface area (Å²) in [4.78, 5) is 19.5. The Balaban J connectivity index is 1.23. The molecule has 0 aliphatic heterocycles. The molecule has 0 unspecified atom stereocenters. The maximum Gasteiger partial charge on any atom is 0.303 e. The van der Waals surface area contributed by atoms with Crippen LogP contribution in [0.2, 0.25) is 0 Å². The van der Waals surface area contributed by atoms with Gasteiger partial charge in [0.1, 0.15) is 11.5 Å². The Morgan fingerprint density at radius 2 is 2.00 bits per heavy atom. The van der Waals surface area contributed by atoms with Gasteiger partial charge in [0.05, 0.1) is 32.0 Å². The molecule has 34 heavy (non-hydrogen) atoms. The lowest BCUT2D eigenvalue weighted by atomic mass is 9.98. The standard InChI is InChI=1S/C26H28FN3O4/c1-33-20-7-5-17(6-8-20)26-29-15-23(27)24(30-26)16-28-11-2-12-34-21-9-10-22-18(13-21)3-4-19(22)14-25(31)32/h5-10,13,15,19,28H,2-4,11-12,14,16H2,1H3,(H,31,32)/t19-/m0/s1. The van der Waals surface area contributed by atoms with Crippen LogP contribution < -0.4 is 14.8 Å². The number of hydrogen-bond donors (Lipinski definition) is 2. The summed E-state index contributed by atoms with van der Waals surface area (Å²) in [5, 5.41) is 12.3. The van der Waals surface area contributed by atoms with Crippen LogP contribution in [0.1, 0.15) is 42.0 Å². The first-order chi connectivity index (χ1) is 16.5. The molecule has 0 fully saturated rings. The van der Waals surface area contributed by atoms with Gasteiger partial charge in [-0.1, -0.05) is 6.07 Å². The molecular formula is C26H28FN3O4. The van der Waals surface area contributed by atoms with Gasteiger partial charge < -0.3 is 19.9 Å². The SMILES string of the molecule is COc1ccc(-c2ncc(F)c(CNCCCOc3ccc4c(c3)CC[C@H]4CC(=O)O)n2)cc1. The molecule has 2 aromatic carbocycles. The quantitative estimate of drug-likeness (QED) is 0.407. The summed E-state index contributed by atoms with van der Waals surface area (Å²) in [6.45, 7) is 1.46. The topological polar surface area (TPSA) is 93.6 Å². The predicted molar refractivity (Wildman–Crippen MR) is 126 cm³/mol. The summed E-state index contributed by atoms with van der Waals surface area (Å²) in [6.07, 6.45) is 3.87. The largest absolute Gasteiger partial charge is 0.497 e. The van der Waals surface area contributed by atoms with E-state index in [0.29, 0.717) is 31.2 Å². The summed E-state index contributed by atoms with van der Waals surface area (Å²) in [5.41, 5.74) is 3.40. The van der Waals surface area contributed by atoms with E-state index in [2.05, 4.69) is 15.3 Å². The summed E-state index contributed by atoms with van der Waals surface area (Å²) in [5.74, 6) is 0.882. The van der Waals surface area contributed by atoms with Gasteiger partial charge in [0.25, 0.3) is 0 Å². The van der Waals surface area contributed by atoms with Crippen molar-refractivity contribution in [3.8, 4) is 22.9 Å². The van der Waals surface area contributed by atoms with Gasteiger partial charge in [0, 0.05) is 12.1 Å². The number of aliphatic carboxylic acids is 1. The van der Waals surface area contributed by atoms with Crippen molar-refractivity contribution in [1.82, 2.24) is 15.3 Å². The van der Waals surface area contributed by atoms with Gasteiger partial charge in [-0.2, -0.15) is 0 Å². The van der Waals surface area contributed by atoms with E-state index < -0.39 is 11.8 Å². The second-order valence-electron chi connectivity index (χ2n) is 8.29. The smallest absolute Gasteiger partial charge is 0.303 e. The fraction of sp³-hybridized carbons (Fsp3) is 0.346. The van der Waals surface area contributed by atoms with Crippen LogP contribution in [0.4, 0.5) is 4.39 Å². The normalized spacial score (nSPS) is 14.6. The van der Waals surface area contributed by atoms with Crippen molar-refractivity contribution in [2.45, 2.75) is 38.1 Å². The molecule has 7 nitrogen and oxygen atoms in total. The van der Waals surface area contributed by atoms with Crippen LogP contribution in [0.5, 0.6) is 11.5 Å². The van der Waals surface area contributed by atoms with Crippen LogP contribution in [-0.2, 0) is 17.8 Å². The molecule has 8 heteroatoms. The lowest BCUT2D eigenvalue weighted by molar-refractivity contribution is -0.137. The number of aryl methyl sites for hydroxylation is 1. The molecule has 0 amide bonds. The molecule has 178 valence electrons. The first-order valence-corrected chi connectivity index (χ1v) is 11.4. The van der Waals surface area contributed by atoms with E-state index in [1.165, 1.54) is 11.8 Å². The summed E-state index contributed by atoms with van der Waals surface area (Å²) < 4.78 is 25.2. The molecular weight excluding hydrogens is 437 g/mol. The number of halogens is 1. The van der Waals surface area contributed by atoms with Crippen molar-refractivity contribution in [1.29, 1.82) is 0 Å². The number of rotatable bonds is 11. The van der Waals surface area contributed by atoms with Crippen molar-refractivity contribution in [3.05, 3.63) is 71.3 Å². The molecule has 1 aliphatic rings. The monoisotopic (exact) mass is 465 g/mol. The van der Waals surface area contributed by atoms with Gasteiger partial charge in [0.2, 0.25) is 0 Å². The predicted octanol–water partition coefficient (Wildman–Crippen LogP) is 4.35. The van der Waals surface area contributed by atoms with Gasteiger partial charge in [0.15, 0.2) is 11.6 Å². The zero-order valence-corrected chi connectivity index (χ0v) is 19.1. The zero-order chi connectivity index (χ0) is 23.9. The number of ether oxygens (including phenoxy) is 2. The van der Waals surface area contributed by atoms with Gasteiger partial charge in [-0.25, -0.2) is 14.4 Å². The Hall–Kier alpha value is -3.52. The number of fused-ring (bicyclic) bond motifs is 1. The van der Waals surface area contributed by atoms with E-state index in [1.54, 1.807) is 7.11 Å². The fourth-order valence-electron chi connectivity index (χ4n) is 4.19. The van der Waals surface area contributed by atoms with Crippen LogP contribution in [0.3, 0.4) is 0 Å². The van der Waals surface area contributed by atoms with E-state index in [9.17, 15) is 9.18 Å². The molecule has 0 bridgehead atoms. The third kappa shape index (κ3) is 5.88. The lowest BCUT2D eigenvalue weighted by Gasteiger charge is -2.11. The Kier molecular flexibility index (Phi) is 7.69. The molecule has 3 aromatic rings. The number of carboxylic acid groups (broad SMARTS) is 1. The fourth-order valence-corrected chi connectivity index (χ4v) is 4.19. The number of carboxylic acids is 1. The van der Waals surface area contributed by atoms with Crippen molar-refractivity contribution >= 4 is 5.97 Å². The van der Waals surface area contributed by atoms with Gasteiger partial charge in [-0.3, -0.25) is 4.79 Å². The van der Waals surface area contributed by atoms with Gasteiger partial charge >= 0.3 is 5.97 Å². The van der Waals surface area contributed by atoms with Crippen LogP contribution in [0.25, 0.3) is 11.4 Å². The van der Waals surface area contributed by atoms with E-state index in [1.807, 2.05) is 42.5 Å². The third-order valence-electron chi connectivity index (χ3n) is 5.96. The van der Waals surface area contributed by atoms with E-state index in [0.717, 1.165) is 41.9 Å². The Labute approximate surface area is 198 Å². The summed E-state index contributed by atoms with van der Waals surface area (Å²) in [7, 11) is 1.60. The number of hydrogen-bond acceptors (Lipinski definition) is 6. The van der Waals surface area contributed by atoms with Crippen LogP contribution >= 0.6 is 0 Å². The van der Waals surface area contributed by atoms with E-state index in [4.69, 9.17) is 14.6 Å². The van der Waals surface area contributed by atoms with Crippen LogP contribution in [-0.4, -0.2) is 41.3 Å². The minimum atomic E-state index is -0.760. The highest BCUT2D eigenvalue weighted by Crippen LogP contribution is 2.37. The highest BCUT2D eigenvalue weighted by molar-refractivity contribution is 5.68. The van der Waals surface area contributed by atoms with Crippen molar-refractivity contribution < 1.29 is 23.8 Å². The molecule has 1 heterocycles. The second kappa shape index (κ2) is 11.1. The maximum atomic E-state index is 14.2. The lowest BCUT2D eigenvalue weighted by Crippen LogP contribution is -2.19. The average Bonchev–Trinajstić information content (AvgIpc) is 3.23. The van der Waals surface area contributed by atoms with E-state index in [-0.39, 0.29) is 12.3 Å². The van der Waals surface area contributed by atoms with E-state index >= 15 is 0 Å². The average molecular weight is 466 g/mol. The first kappa shape index (κ1) is 23.6. The van der Waals surface area contributed by atoms with Gasteiger partial charge in [-0.05, 0) is 79.3 Å². The Morgan fingerprint density at radius 3 is 2.76 bits per heavy atom. The van der Waals surface area contributed by atoms with Crippen LogP contribution in [0, 0.1) is 5.82 Å². The van der Waals surface area contributed by atoms with Crippen molar-refractivity contribution in [2.24, 2.45) is 0 Å². The summed E-state index contributed by atoms with van der Waals surface area (Å²) in [6, 6.07) is 13.2. The minimum Gasteiger partial charge on any atom is -0.497 e. The molecule has 4 rings (SSSR count). The molecule has 1 atom stereocenters. The van der Waals surface area contributed by atoms with Crippen LogP contribution in [0.15, 0.2) is 48.7 Å². The Morgan fingerprint density at radius 1 is 1.21 bits per heavy atom. The van der Waals surface area contributed by atoms with Gasteiger partial charge in [-0.15, -0.1) is 0 Å². The summed E-state index contributed by atoms with van der Waals surface area (Å²) >= 11 is 0. The molecule has 0 spiro atoms. The maximum absolute atomic E-state index is 14.2. The number of methoxy groups -OCH3 is 1. The third-order valence-corrected chi connectivity index (χ3v) is 5.96. The first-order valence-electron chi connectivity index (χ1n) is 11.4. The van der Waals surface area contributed by atoms with Crippen molar-refractivity contribution in [2.75, 3.05) is 20.3 Å². The molecule has 1 aliphatic carbocycles. The number of aromatic nitrogens is 2. The molecule has 1 aromatic heterocycles. The number of benzene rings is 2. The minimum absolute atomic E-state index is 0.0955. The second-order valence-corrected chi connectivity index (χ2v) is 8.29. The molecule has 0 saturated heterocycles. The highest BCUT2D eigenvalue weighted by atomic mass is 19.1. The number of carbonyl (C=O) groups is 1. The van der Waals surface area contributed by atoms with Crippen molar-refractivity contribution in [3.63, 3.8) is 0 Å². The molecule has 0 radical (unpaired) electrons. The molecule has 0 saturated carbocycles. The Bertz CT molecular complexity index is 1140. The number of nitrogens with one attached hydrogen (secondary N) is 1. The molecule has 2 N–H and O–H groups in total. The number of nitrogens with zero attached hydrogens (tertiary/aromatic N) is 2.